The lowest BCUT2D eigenvalue weighted by atomic mass is 10.1. The van der Waals surface area contributed by atoms with Crippen LogP contribution in [0.3, 0.4) is 0 Å². The maximum atomic E-state index is 13.6. The summed E-state index contributed by atoms with van der Waals surface area (Å²) >= 11 is 7.44. The summed E-state index contributed by atoms with van der Waals surface area (Å²) in [5.74, 6) is 0. The molecule has 0 saturated carbocycles. The zero-order valence-electron chi connectivity index (χ0n) is 14.6. The van der Waals surface area contributed by atoms with Gasteiger partial charge >= 0.3 is 5.69 Å². The Balaban J connectivity index is 1.82. The molecule has 8 nitrogen and oxygen atoms in total. The second kappa shape index (κ2) is 6.45. The van der Waals surface area contributed by atoms with Crippen LogP contribution < -0.4 is 11.0 Å². The Morgan fingerprint density at radius 1 is 1.18 bits per heavy atom. The highest BCUT2D eigenvalue weighted by molar-refractivity contribution is 7.90. The molecule has 1 fully saturated rings. The highest BCUT2D eigenvalue weighted by Gasteiger charge is 2.33. The molecule has 4 heterocycles. The summed E-state index contributed by atoms with van der Waals surface area (Å²) in [5, 5.41) is 4.65. The fraction of sp³-hybridized carbons (Fsp3) is 0.294. The first-order chi connectivity index (χ1) is 13.5. The minimum Gasteiger partial charge on any atom is -0.317 e. The Kier molecular flexibility index (Phi) is 4.13. The van der Waals surface area contributed by atoms with Crippen molar-refractivity contribution in [2.45, 2.75) is 23.9 Å². The predicted molar refractivity (Wildman–Crippen MR) is 108 cm³/mol. The van der Waals surface area contributed by atoms with Crippen LogP contribution in [0.4, 0.5) is 0 Å². The maximum absolute atomic E-state index is 13.6. The van der Waals surface area contributed by atoms with Crippen LogP contribution >= 0.6 is 22.9 Å². The number of imidazole rings is 2. The van der Waals surface area contributed by atoms with E-state index in [9.17, 15) is 13.2 Å². The third-order valence-corrected chi connectivity index (χ3v) is 7.92. The van der Waals surface area contributed by atoms with E-state index in [0.29, 0.717) is 16.0 Å². The van der Waals surface area contributed by atoms with Gasteiger partial charge < -0.3 is 5.32 Å². The van der Waals surface area contributed by atoms with Gasteiger partial charge in [-0.25, -0.2) is 9.78 Å². The van der Waals surface area contributed by atoms with Crippen LogP contribution in [0.25, 0.3) is 16.0 Å². The van der Waals surface area contributed by atoms with E-state index >= 15 is 0 Å². The van der Waals surface area contributed by atoms with E-state index in [4.69, 9.17) is 11.6 Å². The van der Waals surface area contributed by atoms with Crippen LogP contribution in [0.1, 0.15) is 18.9 Å². The van der Waals surface area contributed by atoms with Gasteiger partial charge in [-0.2, -0.15) is 12.4 Å². The van der Waals surface area contributed by atoms with Crippen molar-refractivity contribution in [1.29, 1.82) is 0 Å². The summed E-state index contributed by atoms with van der Waals surface area (Å²) in [4.78, 5) is 17.9. The Morgan fingerprint density at radius 3 is 2.64 bits per heavy atom. The Hall–Kier alpha value is -2.14. The number of aromatic nitrogens is 4. The van der Waals surface area contributed by atoms with Crippen LogP contribution in [0.15, 0.2) is 45.7 Å². The summed E-state index contributed by atoms with van der Waals surface area (Å²) in [6.07, 6.45) is 3.11. The van der Waals surface area contributed by atoms with Crippen molar-refractivity contribution in [3.8, 4) is 0 Å². The average Bonchev–Trinajstić information content (AvgIpc) is 3.32. The molecule has 1 aliphatic rings. The molecule has 0 bridgehead atoms. The lowest BCUT2D eigenvalue weighted by molar-refractivity contribution is 0.367. The second-order valence-corrected chi connectivity index (χ2v) is 9.59. The van der Waals surface area contributed by atoms with Gasteiger partial charge in [0.1, 0.15) is 0 Å². The lowest BCUT2D eigenvalue weighted by Gasteiger charge is -2.23. The summed E-state index contributed by atoms with van der Waals surface area (Å²) in [5.41, 5.74) is 0.367. The van der Waals surface area contributed by atoms with Crippen LogP contribution in [0.2, 0.25) is 5.15 Å². The van der Waals surface area contributed by atoms with Gasteiger partial charge in [-0.05, 0) is 38.1 Å². The summed E-state index contributed by atoms with van der Waals surface area (Å²) in [7, 11) is -4.26. The van der Waals surface area contributed by atoms with Gasteiger partial charge in [0, 0.05) is 17.6 Å². The van der Waals surface area contributed by atoms with E-state index in [2.05, 4.69) is 10.3 Å². The molecule has 1 aromatic carbocycles. The molecule has 1 saturated heterocycles. The standard InChI is InChI=1S/C17H16ClN5O3S2/c18-14-15(21-9-10-27-16(21)20-14)28(25,26)23-13-4-2-1-3-12(13)22(17(23)24)11-5-7-19-8-6-11/h1-4,9-11,19H,5-8H2. The molecule has 0 unspecified atom stereocenters. The van der Waals surface area contributed by atoms with Crippen molar-refractivity contribution in [3.05, 3.63) is 51.5 Å². The van der Waals surface area contributed by atoms with E-state index < -0.39 is 15.7 Å². The molecule has 0 aliphatic carbocycles. The van der Waals surface area contributed by atoms with E-state index in [-0.39, 0.29) is 16.2 Å². The van der Waals surface area contributed by atoms with Crippen molar-refractivity contribution >= 4 is 49.0 Å². The first-order valence-electron chi connectivity index (χ1n) is 8.79. The molecule has 0 spiro atoms. The van der Waals surface area contributed by atoms with Gasteiger partial charge in [-0.15, -0.1) is 11.3 Å². The molecule has 146 valence electrons. The largest absolute Gasteiger partial charge is 0.343 e. The number of halogens is 1. The molecule has 0 amide bonds. The predicted octanol–water partition coefficient (Wildman–Crippen LogP) is 2.33. The molecule has 0 atom stereocenters. The minimum atomic E-state index is -4.26. The van der Waals surface area contributed by atoms with E-state index in [1.54, 1.807) is 40.4 Å². The number of hydrogen-bond donors (Lipinski definition) is 1. The molecular formula is C17H16ClN5O3S2. The summed E-state index contributed by atoms with van der Waals surface area (Å²) in [6.45, 7) is 1.57. The number of rotatable bonds is 3. The van der Waals surface area contributed by atoms with Gasteiger partial charge in [-0.1, -0.05) is 23.7 Å². The molecule has 5 rings (SSSR count). The van der Waals surface area contributed by atoms with E-state index in [0.717, 1.165) is 29.9 Å². The van der Waals surface area contributed by atoms with Gasteiger partial charge in [0.05, 0.1) is 11.0 Å². The lowest BCUT2D eigenvalue weighted by Crippen LogP contribution is -2.36. The monoisotopic (exact) mass is 437 g/mol. The fourth-order valence-corrected chi connectivity index (χ4v) is 6.67. The zero-order valence-corrected chi connectivity index (χ0v) is 17.0. The van der Waals surface area contributed by atoms with E-state index in [1.165, 1.54) is 15.7 Å². The third kappa shape index (κ3) is 2.48. The van der Waals surface area contributed by atoms with Crippen molar-refractivity contribution in [1.82, 2.24) is 23.2 Å². The van der Waals surface area contributed by atoms with Crippen LogP contribution in [-0.2, 0) is 10.0 Å². The molecule has 3 aromatic heterocycles. The fourth-order valence-electron chi connectivity index (χ4n) is 3.85. The number of piperidine rings is 1. The number of para-hydroxylation sites is 2. The highest BCUT2D eigenvalue weighted by atomic mass is 35.5. The van der Waals surface area contributed by atoms with Crippen molar-refractivity contribution < 1.29 is 8.42 Å². The Bertz CT molecular complexity index is 1360. The van der Waals surface area contributed by atoms with Crippen LogP contribution in [-0.4, -0.2) is 39.4 Å². The molecule has 11 heteroatoms. The third-order valence-electron chi connectivity index (χ3n) is 5.08. The van der Waals surface area contributed by atoms with Gasteiger partial charge in [0.15, 0.2) is 10.1 Å². The SMILES string of the molecule is O=c1n(C2CCNCC2)c2ccccc2n1S(=O)(=O)c1c(Cl)nc2sccn12. The number of thiazole rings is 1. The number of fused-ring (bicyclic) bond motifs is 2. The number of nitrogens with one attached hydrogen (secondary N) is 1. The van der Waals surface area contributed by atoms with Crippen LogP contribution in [0.5, 0.6) is 0 Å². The quantitative estimate of drug-likeness (QED) is 0.531. The second-order valence-electron chi connectivity index (χ2n) is 6.66. The smallest absolute Gasteiger partial charge is 0.317 e. The van der Waals surface area contributed by atoms with Gasteiger partial charge in [0.2, 0.25) is 5.03 Å². The van der Waals surface area contributed by atoms with Gasteiger partial charge in [-0.3, -0.25) is 8.97 Å². The summed E-state index contributed by atoms with van der Waals surface area (Å²) in [6, 6.07) is 6.89. The first kappa shape index (κ1) is 17.9. The van der Waals surface area contributed by atoms with Crippen molar-refractivity contribution in [3.63, 3.8) is 0 Å². The van der Waals surface area contributed by atoms with Crippen molar-refractivity contribution in [2.24, 2.45) is 0 Å². The molecule has 1 N–H and O–H groups in total. The zero-order chi connectivity index (χ0) is 19.5. The number of nitrogens with zero attached hydrogens (tertiary/aromatic N) is 4. The minimum absolute atomic E-state index is 0.0582. The molecular weight excluding hydrogens is 422 g/mol. The molecule has 1 aliphatic heterocycles. The Labute approximate surface area is 169 Å². The van der Waals surface area contributed by atoms with Gasteiger partial charge in [0.25, 0.3) is 10.0 Å². The molecule has 0 radical (unpaired) electrons. The number of hydrogen-bond acceptors (Lipinski definition) is 6. The average molecular weight is 438 g/mol. The number of benzene rings is 1. The Morgan fingerprint density at radius 2 is 1.89 bits per heavy atom. The highest BCUT2D eigenvalue weighted by Crippen LogP contribution is 2.30. The maximum Gasteiger partial charge on any atom is 0.343 e. The first-order valence-corrected chi connectivity index (χ1v) is 11.5. The summed E-state index contributed by atoms with van der Waals surface area (Å²) < 4.78 is 31.0. The van der Waals surface area contributed by atoms with E-state index in [1.807, 2.05) is 0 Å². The van der Waals surface area contributed by atoms with Crippen LogP contribution in [0, 0.1) is 0 Å². The normalized spacial score (nSPS) is 16.3. The topological polar surface area (TPSA) is 90.4 Å². The molecule has 4 aromatic rings. The van der Waals surface area contributed by atoms with Crippen molar-refractivity contribution in [2.75, 3.05) is 13.1 Å². The molecule has 28 heavy (non-hydrogen) atoms.